The molecule has 38 heavy (non-hydrogen) atoms. The summed E-state index contributed by atoms with van der Waals surface area (Å²) in [7, 11) is 0. The predicted octanol–water partition coefficient (Wildman–Crippen LogP) is 3.50. The van der Waals surface area contributed by atoms with Crippen LogP contribution >= 0.6 is 0 Å². The van der Waals surface area contributed by atoms with Crippen molar-refractivity contribution >= 4 is 28.4 Å². The van der Waals surface area contributed by atoms with Gasteiger partial charge in [0.25, 0.3) is 5.56 Å². The Bertz CT molecular complexity index is 1540. The Kier molecular flexibility index (Phi) is 6.00. The lowest BCUT2D eigenvalue weighted by Crippen LogP contribution is -2.42. The van der Waals surface area contributed by atoms with Crippen LogP contribution in [0.3, 0.4) is 0 Å². The summed E-state index contributed by atoms with van der Waals surface area (Å²) in [5.74, 6) is 0.824. The number of anilines is 3. The van der Waals surface area contributed by atoms with Gasteiger partial charge in [0.1, 0.15) is 11.0 Å². The fourth-order valence-electron chi connectivity index (χ4n) is 5.20. The van der Waals surface area contributed by atoms with Gasteiger partial charge < -0.3 is 20.1 Å². The monoisotopic (exact) mass is 513 g/mol. The largest absolute Gasteiger partial charge is 0.384 e. The van der Waals surface area contributed by atoms with E-state index in [0.29, 0.717) is 40.7 Å². The summed E-state index contributed by atoms with van der Waals surface area (Å²) in [4.78, 5) is 29.3. The van der Waals surface area contributed by atoms with E-state index in [1.54, 1.807) is 42.8 Å². The number of rotatable bonds is 7. The Balaban J connectivity index is 1.33. The summed E-state index contributed by atoms with van der Waals surface area (Å²) in [6, 6.07) is 13.5. The van der Waals surface area contributed by atoms with Gasteiger partial charge in [-0.1, -0.05) is 12.1 Å². The molecule has 2 bridgehead atoms. The van der Waals surface area contributed by atoms with Crippen LogP contribution < -0.4 is 15.8 Å². The van der Waals surface area contributed by atoms with Gasteiger partial charge in [-0.3, -0.25) is 4.79 Å². The van der Waals surface area contributed by atoms with Crippen LogP contribution in [0.1, 0.15) is 32.4 Å². The van der Waals surface area contributed by atoms with Crippen molar-refractivity contribution in [3.63, 3.8) is 0 Å². The van der Waals surface area contributed by atoms with Crippen molar-refractivity contribution in [2.45, 2.75) is 51.0 Å². The highest BCUT2D eigenvalue weighted by Crippen LogP contribution is 2.30. The lowest BCUT2D eigenvalue weighted by molar-refractivity contribution is 0.0305. The van der Waals surface area contributed by atoms with Crippen LogP contribution in [0.25, 0.3) is 16.9 Å². The molecule has 10 heteroatoms. The number of aromatic nitrogens is 5. The summed E-state index contributed by atoms with van der Waals surface area (Å²) in [6.45, 7) is 9.24. The van der Waals surface area contributed by atoms with Crippen LogP contribution in [0.5, 0.6) is 0 Å². The maximum Gasteiger partial charge on any atom is 0.278 e. The van der Waals surface area contributed by atoms with Crippen LogP contribution in [-0.4, -0.2) is 54.7 Å². The van der Waals surface area contributed by atoms with Gasteiger partial charge in [-0.2, -0.15) is 4.98 Å². The van der Waals surface area contributed by atoms with E-state index in [-0.39, 0.29) is 12.1 Å². The van der Waals surface area contributed by atoms with E-state index in [1.807, 2.05) is 12.1 Å². The number of ether oxygens (including phenoxy) is 1. The number of hydrogen-bond donors (Lipinski definition) is 2. The molecule has 196 valence electrons. The number of allylic oxidation sites excluding steroid dienone is 1. The third-order valence-electron chi connectivity index (χ3n) is 7.09. The lowest BCUT2D eigenvalue weighted by atomic mass is 10.1. The molecular weight excluding hydrogens is 482 g/mol. The number of benzene rings is 1. The predicted molar refractivity (Wildman–Crippen MR) is 146 cm³/mol. The second-order valence-electron chi connectivity index (χ2n) is 10.4. The standard InChI is InChI=1S/C28H31N7O3/c1-4-14-34-26(36)22-15-29-27(32-25(22)35(34)24-7-5-6-23(31-24)28(2,3)37)30-18-8-10-19(11-9-18)33-16-20-12-13-21(17-33)38-20/h4-11,15,20-21,37H,1,12-14,16-17H2,2-3H3,(H,29,30,32). The van der Waals surface area contributed by atoms with E-state index < -0.39 is 5.60 Å². The van der Waals surface area contributed by atoms with Crippen molar-refractivity contribution in [1.29, 1.82) is 0 Å². The summed E-state index contributed by atoms with van der Waals surface area (Å²) < 4.78 is 9.12. The van der Waals surface area contributed by atoms with Gasteiger partial charge in [0.2, 0.25) is 5.95 Å². The smallest absolute Gasteiger partial charge is 0.278 e. The number of hydrogen-bond acceptors (Lipinski definition) is 8. The van der Waals surface area contributed by atoms with Crippen molar-refractivity contribution < 1.29 is 9.84 Å². The SMILES string of the molecule is C=CCn1c(=O)c2cnc(Nc3ccc(N4CC5CCC(C4)O5)cc3)nc2n1-c1cccc(C(C)(C)O)n1. The Morgan fingerprint density at radius 2 is 1.87 bits per heavy atom. The molecule has 2 atom stereocenters. The third-order valence-corrected chi connectivity index (χ3v) is 7.09. The highest BCUT2D eigenvalue weighted by Gasteiger charge is 2.33. The molecule has 2 aliphatic rings. The summed E-state index contributed by atoms with van der Waals surface area (Å²) in [6.07, 6.45) is 6.11. The van der Waals surface area contributed by atoms with E-state index in [9.17, 15) is 9.90 Å². The zero-order chi connectivity index (χ0) is 26.4. The Hall–Kier alpha value is -4.02. The number of morpholine rings is 1. The van der Waals surface area contributed by atoms with Crippen LogP contribution in [0, 0.1) is 0 Å². The summed E-state index contributed by atoms with van der Waals surface area (Å²) in [5.41, 5.74) is 1.51. The minimum atomic E-state index is -1.14. The van der Waals surface area contributed by atoms with Crippen LogP contribution in [0.15, 0.2) is 66.1 Å². The van der Waals surface area contributed by atoms with Gasteiger partial charge in [-0.05, 0) is 63.1 Å². The molecule has 0 aliphatic carbocycles. The van der Waals surface area contributed by atoms with E-state index in [2.05, 4.69) is 38.9 Å². The molecule has 2 N–H and O–H groups in total. The first-order valence-corrected chi connectivity index (χ1v) is 12.9. The Morgan fingerprint density at radius 3 is 2.55 bits per heavy atom. The maximum absolute atomic E-state index is 13.2. The average molecular weight is 514 g/mol. The molecule has 2 unspecified atom stereocenters. The minimum absolute atomic E-state index is 0.245. The van der Waals surface area contributed by atoms with Crippen molar-refractivity contribution in [2.24, 2.45) is 0 Å². The molecule has 1 aromatic carbocycles. The summed E-state index contributed by atoms with van der Waals surface area (Å²) in [5, 5.41) is 14.1. The number of nitrogens with one attached hydrogen (secondary N) is 1. The second-order valence-corrected chi connectivity index (χ2v) is 10.4. The minimum Gasteiger partial charge on any atom is -0.384 e. The normalized spacial score (nSPS) is 19.2. The first-order valence-electron chi connectivity index (χ1n) is 12.9. The molecule has 0 radical (unpaired) electrons. The van der Waals surface area contributed by atoms with E-state index in [0.717, 1.165) is 31.6 Å². The van der Waals surface area contributed by atoms with Gasteiger partial charge >= 0.3 is 0 Å². The quantitative estimate of drug-likeness (QED) is 0.362. The van der Waals surface area contributed by atoms with E-state index >= 15 is 0 Å². The van der Waals surface area contributed by atoms with Gasteiger partial charge in [-0.25, -0.2) is 19.3 Å². The fourth-order valence-corrected chi connectivity index (χ4v) is 5.20. The van der Waals surface area contributed by atoms with Gasteiger partial charge in [-0.15, -0.1) is 6.58 Å². The average Bonchev–Trinajstić information content (AvgIpc) is 3.38. The fraction of sp³-hybridized carbons (Fsp3) is 0.357. The molecule has 2 fully saturated rings. The molecule has 5 heterocycles. The molecule has 0 amide bonds. The molecular formula is C28H31N7O3. The number of fused-ring (bicyclic) bond motifs is 3. The Labute approximate surface area is 220 Å². The lowest BCUT2D eigenvalue weighted by Gasteiger charge is -2.33. The Morgan fingerprint density at radius 1 is 1.13 bits per heavy atom. The topological polar surface area (TPSA) is 110 Å². The third kappa shape index (κ3) is 4.46. The maximum atomic E-state index is 13.2. The molecule has 0 saturated carbocycles. The van der Waals surface area contributed by atoms with Crippen molar-refractivity contribution in [1.82, 2.24) is 24.3 Å². The summed E-state index contributed by atoms with van der Waals surface area (Å²) >= 11 is 0. The number of aliphatic hydroxyl groups is 1. The first kappa shape index (κ1) is 24.3. The van der Waals surface area contributed by atoms with E-state index in [1.165, 1.54) is 16.6 Å². The molecule has 0 spiro atoms. The van der Waals surface area contributed by atoms with Gasteiger partial charge in [0, 0.05) is 30.7 Å². The number of nitrogens with zero attached hydrogens (tertiary/aromatic N) is 6. The number of pyridine rings is 1. The second kappa shape index (κ2) is 9.38. The molecule has 2 saturated heterocycles. The van der Waals surface area contributed by atoms with Crippen molar-refractivity contribution in [2.75, 3.05) is 23.3 Å². The first-order chi connectivity index (χ1) is 18.3. The van der Waals surface area contributed by atoms with Crippen LogP contribution in [0.4, 0.5) is 17.3 Å². The van der Waals surface area contributed by atoms with Crippen molar-refractivity contribution in [3.8, 4) is 5.82 Å². The molecule has 6 rings (SSSR count). The van der Waals surface area contributed by atoms with Gasteiger partial charge in [0.15, 0.2) is 11.5 Å². The van der Waals surface area contributed by atoms with Crippen LogP contribution in [-0.2, 0) is 16.9 Å². The van der Waals surface area contributed by atoms with Crippen molar-refractivity contribution in [3.05, 3.63) is 77.4 Å². The zero-order valence-corrected chi connectivity index (χ0v) is 21.5. The van der Waals surface area contributed by atoms with E-state index in [4.69, 9.17) is 9.72 Å². The molecule has 10 nitrogen and oxygen atoms in total. The molecule has 3 aromatic heterocycles. The molecule has 2 aliphatic heterocycles. The van der Waals surface area contributed by atoms with Gasteiger partial charge in [0.05, 0.1) is 24.4 Å². The van der Waals surface area contributed by atoms with Crippen LogP contribution in [0.2, 0.25) is 0 Å². The zero-order valence-electron chi connectivity index (χ0n) is 21.5. The molecule has 4 aromatic rings. The highest BCUT2D eigenvalue weighted by molar-refractivity contribution is 5.77. The highest BCUT2D eigenvalue weighted by atomic mass is 16.5.